The van der Waals surface area contributed by atoms with E-state index >= 15 is 0 Å². The number of nitriles is 1. The van der Waals surface area contributed by atoms with Crippen LogP contribution in [0.1, 0.15) is 16.7 Å². The van der Waals surface area contributed by atoms with Crippen molar-refractivity contribution in [1.82, 2.24) is 15.2 Å². The van der Waals surface area contributed by atoms with Crippen LogP contribution in [0, 0.1) is 11.3 Å². The van der Waals surface area contributed by atoms with Gasteiger partial charge in [0.05, 0.1) is 30.2 Å². The molecule has 0 spiro atoms. The van der Waals surface area contributed by atoms with Gasteiger partial charge in [0.2, 0.25) is 11.8 Å². The van der Waals surface area contributed by atoms with Gasteiger partial charge in [0, 0.05) is 51.4 Å². The summed E-state index contributed by atoms with van der Waals surface area (Å²) in [5.41, 5.74) is -0.550. The van der Waals surface area contributed by atoms with Crippen molar-refractivity contribution in [3.63, 3.8) is 0 Å². The average molecular weight is 475 g/mol. The fourth-order valence-electron chi connectivity index (χ4n) is 3.77. The molecule has 0 saturated carbocycles. The first-order valence-electron chi connectivity index (χ1n) is 10.6. The predicted molar refractivity (Wildman–Crippen MR) is 117 cm³/mol. The number of rotatable bonds is 7. The van der Waals surface area contributed by atoms with Crippen LogP contribution in [0.2, 0.25) is 0 Å². The number of anilines is 1. The van der Waals surface area contributed by atoms with Gasteiger partial charge in [-0.1, -0.05) is 0 Å². The highest BCUT2D eigenvalue weighted by atomic mass is 19.4. The third-order valence-electron chi connectivity index (χ3n) is 5.51. The molecule has 2 amide bonds. The fourth-order valence-corrected chi connectivity index (χ4v) is 3.77. The number of hydrogen-bond donors (Lipinski definition) is 1. The zero-order valence-electron chi connectivity index (χ0n) is 18.5. The number of piperazine rings is 1. The molecule has 1 atom stereocenters. The van der Waals surface area contributed by atoms with Crippen molar-refractivity contribution in [2.24, 2.45) is 0 Å². The Balaban J connectivity index is 1.84. The molecule has 1 aromatic carbocycles. The summed E-state index contributed by atoms with van der Waals surface area (Å²) in [6, 6.07) is 7.51. The van der Waals surface area contributed by atoms with E-state index in [0.717, 1.165) is 17.7 Å². The van der Waals surface area contributed by atoms with Crippen LogP contribution in [-0.2, 0) is 26.9 Å². The molecule has 1 saturated heterocycles. The van der Waals surface area contributed by atoms with Gasteiger partial charge < -0.3 is 19.9 Å². The van der Waals surface area contributed by atoms with Gasteiger partial charge in [0.25, 0.3) is 0 Å². The van der Waals surface area contributed by atoms with E-state index in [2.05, 4.69) is 10.3 Å². The smallest absolute Gasteiger partial charge is 0.383 e. The molecule has 11 heteroatoms. The maximum atomic E-state index is 13.4. The Hall–Kier alpha value is -3.65. The third kappa shape index (κ3) is 6.02. The standard InChI is InChI=1S/C23H24F3N5O3/c1-34-11-8-29-22(33)20-15-30(18-3-2-17(14-27)19(13-18)23(24,25)26)9-10-31(20)21(32)12-16-4-6-28-7-5-16/h2-7,13,20H,8-12,15H2,1H3,(H,29,33). The second-order valence-electron chi connectivity index (χ2n) is 7.70. The molecule has 0 aliphatic carbocycles. The van der Waals surface area contributed by atoms with E-state index in [0.29, 0.717) is 0 Å². The quantitative estimate of drug-likeness (QED) is 0.615. The first kappa shape index (κ1) is 25.0. The Morgan fingerprint density at radius 2 is 1.97 bits per heavy atom. The van der Waals surface area contributed by atoms with Gasteiger partial charge in [0.1, 0.15) is 6.04 Å². The molecular weight excluding hydrogens is 451 g/mol. The zero-order chi connectivity index (χ0) is 24.7. The number of aromatic nitrogens is 1. The topological polar surface area (TPSA) is 98.6 Å². The number of ether oxygens (including phenoxy) is 1. The molecule has 1 aromatic heterocycles. The van der Waals surface area contributed by atoms with Gasteiger partial charge in [-0.2, -0.15) is 18.4 Å². The molecule has 1 fully saturated rings. The summed E-state index contributed by atoms with van der Waals surface area (Å²) in [7, 11) is 1.49. The van der Waals surface area contributed by atoms with Gasteiger partial charge in [0.15, 0.2) is 0 Å². The predicted octanol–water partition coefficient (Wildman–Crippen LogP) is 1.99. The van der Waals surface area contributed by atoms with Crippen molar-refractivity contribution in [1.29, 1.82) is 5.26 Å². The van der Waals surface area contributed by atoms with Gasteiger partial charge >= 0.3 is 6.18 Å². The van der Waals surface area contributed by atoms with Crippen LogP contribution in [0.25, 0.3) is 0 Å². The number of pyridine rings is 1. The van der Waals surface area contributed by atoms with E-state index < -0.39 is 29.3 Å². The Bertz CT molecular complexity index is 1060. The summed E-state index contributed by atoms with van der Waals surface area (Å²) >= 11 is 0. The molecule has 0 bridgehead atoms. The van der Waals surface area contributed by atoms with E-state index in [1.54, 1.807) is 35.5 Å². The van der Waals surface area contributed by atoms with Crippen molar-refractivity contribution < 1.29 is 27.5 Å². The summed E-state index contributed by atoms with van der Waals surface area (Å²) in [6.45, 7) is 0.885. The SMILES string of the molecule is COCCNC(=O)C1CN(c2ccc(C#N)c(C(F)(F)F)c2)CCN1C(=O)Cc1ccncc1. The maximum absolute atomic E-state index is 13.4. The Kier molecular flexibility index (Phi) is 8.07. The fraction of sp³-hybridized carbons (Fsp3) is 0.391. The first-order chi connectivity index (χ1) is 16.2. The highest BCUT2D eigenvalue weighted by Crippen LogP contribution is 2.35. The molecule has 8 nitrogen and oxygen atoms in total. The van der Waals surface area contributed by atoms with Crippen LogP contribution < -0.4 is 10.2 Å². The Morgan fingerprint density at radius 1 is 1.24 bits per heavy atom. The van der Waals surface area contributed by atoms with E-state index in [1.807, 2.05) is 0 Å². The minimum Gasteiger partial charge on any atom is -0.383 e. The lowest BCUT2D eigenvalue weighted by molar-refractivity contribution is -0.140. The number of carbonyl (C=O) groups excluding carboxylic acids is 2. The molecule has 180 valence electrons. The molecule has 0 radical (unpaired) electrons. The number of amides is 2. The first-order valence-corrected chi connectivity index (χ1v) is 10.6. The largest absolute Gasteiger partial charge is 0.417 e. The van der Waals surface area contributed by atoms with Crippen molar-refractivity contribution in [3.05, 3.63) is 59.4 Å². The molecule has 2 heterocycles. The summed E-state index contributed by atoms with van der Waals surface area (Å²) in [6.07, 6.45) is -1.49. The van der Waals surface area contributed by atoms with E-state index in [-0.39, 0.29) is 50.8 Å². The normalized spacial score (nSPS) is 16.1. The summed E-state index contributed by atoms with van der Waals surface area (Å²) < 4.78 is 45.2. The van der Waals surface area contributed by atoms with Crippen LogP contribution in [0.4, 0.5) is 18.9 Å². The molecule has 1 aliphatic heterocycles. The second-order valence-corrected chi connectivity index (χ2v) is 7.70. The maximum Gasteiger partial charge on any atom is 0.417 e. The van der Waals surface area contributed by atoms with Crippen LogP contribution in [-0.4, -0.2) is 67.6 Å². The van der Waals surface area contributed by atoms with Gasteiger partial charge in [-0.05, 0) is 35.9 Å². The monoisotopic (exact) mass is 475 g/mol. The van der Waals surface area contributed by atoms with Crippen molar-refractivity contribution in [2.75, 3.05) is 44.8 Å². The lowest BCUT2D eigenvalue weighted by Crippen LogP contribution is -2.61. The van der Waals surface area contributed by atoms with Crippen molar-refractivity contribution in [2.45, 2.75) is 18.6 Å². The van der Waals surface area contributed by atoms with E-state index in [1.165, 1.54) is 18.1 Å². The number of halogens is 3. The molecule has 1 unspecified atom stereocenters. The number of nitrogens with one attached hydrogen (secondary N) is 1. The molecule has 1 aliphatic rings. The van der Waals surface area contributed by atoms with Crippen molar-refractivity contribution in [3.8, 4) is 6.07 Å². The second kappa shape index (κ2) is 11.0. The molecule has 2 aromatic rings. The van der Waals surface area contributed by atoms with E-state index in [9.17, 15) is 22.8 Å². The van der Waals surface area contributed by atoms with Crippen LogP contribution in [0.15, 0.2) is 42.7 Å². The minimum atomic E-state index is -4.69. The number of hydrogen-bond acceptors (Lipinski definition) is 6. The number of carbonyl (C=O) groups is 2. The molecule has 34 heavy (non-hydrogen) atoms. The highest BCUT2D eigenvalue weighted by molar-refractivity contribution is 5.89. The molecule has 3 rings (SSSR count). The molecular formula is C23H24F3N5O3. The minimum absolute atomic E-state index is 0.00407. The lowest BCUT2D eigenvalue weighted by Gasteiger charge is -2.41. The van der Waals surface area contributed by atoms with Crippen LogP contribution in [0.5, 0.6) is 0 Å². The average Bonchev–Trinajstić information content (AvgIpc) is 2.83. The summed E-state index contributed by atoms with van der Waals surface area (Å²) in [4.78, 5) is 32.9. The zero-order valence-corrected chi connectivity index (χ0v) is 18.5. The number of methoxy groups -OCH3 is 1. The number of nitrogens with zero attached hydrogens (tertiary/aromatic N) is 4. The van der Waals surface area contributed by atoms with Gasteiger partial charge in [-0.3, -0.25) is 14.6 Å². The number of alkyl halides is 3. The lowest BCUT2D eigenvalue weighted by atomic mass is 10.0. The van der Waals surface area contributed by atoms with Gasteiger partial charge in [-0.25, -0.2) is 0 Å². The van der Waals surface area contributed by atoms with Crippen LogP contribution in [0.3, 0.4) is 0 Å². The summed E-state index contributed by atoms with van der Waals surface area (Å²) in [5, 5.41) is 11.8. The van der Waals surface area contributed by atoms with Crippen molar-refractivity contribution >= 4 is 17.5 Å². The third-order valence-corrected chi connectivity index (χ3v) is 5.51. The van der Waals surface area contributed by atoms with E-state index in [4.69, 9.17) is 10.00 Å². The summed E-state index contributed by atoms with van der Waals surface area (Å²) in [5.74, 6) is -0.692. The van der Waals surface area contributed by atoms with Gasteiger partial charge in [-0.15, -0.1) is 0 Å². The Labute approximate surface area is 194 Å². The van der Waals surface area contributed by atoms with Crippen LogP contribution >= 0.6 is 0 Å². The molecule has 1 N–H and O–H groups in total. The highest BCUT2D eigenvalue weighted by Gasteiger charge is 2.37. The Morgan fingerprint density at radius 3 is 2.62 bits per heavy atom. The number of benzene rings is 1.